The second-order valence-electron chi connectivity index (χ2n) is 6.86. The molecular formula is C16H29N3O. The van der Waals surface area contributed by atoms with Crippen LogP contribution in [0.2, 0.25) is 0 Å². The van der Waals surface area contributed by atoms with Gasteiger partial charge in [0.25, 0.3) is 0 Å². The summed E-state index contributed by atoms with van der Waals surface area (Å²) in [6.07, 6.45) is 6.38. The number of rotatable bonds is 3. The summed E-state index contributed by atoms with van der Waals surface area (Å²) in [6.45, 7) is 8.69. The van der Waals surface area contributed by atoms with Crippen LogP contribution < -0.4 is 5.32 Å². The first kappa shape index (κ1) is 14.3. The Labute approximate surface area is 122 Å². The molecule has 3 saturated heterocycles. The molecule has 1 amide bonds. The molecule has 20 heavy (non-hydrogen) atoms. The van der Waals surface area contributed by atoms with Crippen LogP contribution in [0.1, 0.15) is 39.0 Å². The van der Waals surface area contributed by atoms with E-state index in [-0.39, 0.29) is 5.92 Å². The summed E-state index contributed by atoms with van der Waals surface area (Å²) in [4.78, 5) is 17.4. The predicted octanol–water partition coefficient (Wildman–Crippen LogP) is 1.32. The maximum absolute atomic E-state index is 12.6. The molecule has 0 radical (unpaired) electrons. The van der Waals surface area contributed by atoms with E-state index in [0.29, 0.717) is 11.8 Å². The van der Waals surface area contributed by atoms with E-state index >= 15 is 0 Å². The zero-order valence-corrected chi connectivity index (χ0v) is 12.8. The van der Waals surface area contributed by atoms with Crippen molar-refractivity contribution in [1.29, 1.82) is 0 Å². The molecule has 1 N–H and O–H groups in total. The number of nitrogens with one attached hydrogen (secondary N) is 1. The van der Waals surface area contributed by atoms with Crippen molar-refractivity contribution in [2.24, 2.45) is 11.8 Å². The van der Waals surface area contributed by atoms with E-state index in [1.165, 1.54) is 45.2 Å². The zero-order chi connectivity index (χ0) is 13.9. The molecule has 3 rings (SSSR count). The SMILES string of the molecule is CC(C(=O)N1CCCC(N2CCCC2)CC1)C1CNC1. The van der Waals surface area contributed by atoms with Crippen LogP contribution in [0.5, 0.6) is 0 Å². The maximum Gasteiger partial charge on any atom is 0.225 e. The lowest BCUT2D eigenvalue weighted by molar-refractivity contribution is -0.137. The standard InChI is InChI=1S/C16H29N3O/c1-13(14-11-17-12-14)16(20)19-9-4-5-15(6-10-19)18-7-2-3-8-18/h13-15,17H,2-12H2,1H3. The molecule has 3 aliphatic heterocycles. The highest BCUT2D eigenvalue weighted by Gasteiger charge is 2.33. The molecule has 0 aliphatic carbocycles. The summed E-state index contributed by atoms with van der Waals surface area (Å²) < 4.78 is 0. The van der Waals surface area contributed by atoms with E-state index in [4.69, 9.17) is 0 Å². The van der Waals surface area contributed by atoms with Crippen molar-refractivity contribution in [3.63, 3.8) is 0 Å². The van der Waals surface area contributed by atoms with Gasteiger partial charge in [0.2, 0.25) is 5.91 Å². The van der Waals surface area contributed by atoms with Crippen LogP contribution in [0.15, 0.2) is 0 Å². The first-order valence-electron chi connectivity index (χ1n) is 8.49. The van der Waals surface area contributed by atoms with E-state index < -0.39 is 0 Å². The quantitative estimate of drug-likeness (QED) is 0.846. The summed E-state index contributed by atoms with van der Waals surface area (Å²) in [6, 6.07) is 0.732. The third-order valence-corrected chi connectivity index (χ3v) is 5.58. The highest BCUT2D eigenvalue weighted by Crippen LogP contribution is 2.24. The van der Waals surface area contributed by atoms with E-state index in [1.807, 2.05) is 0 Å². The van der Waals surface area contributed by atoms with Crippen molar-refractivity contribution in [1.82, 2.24) is 15.1 Å². The van der Waals surface area contributed by atoms with Gasteiger partial charge in [0.1, 0.15) is 0 Å². The molecule has 0 aromatic heterocycles. The fraction of sp³-hybridized carbons (Fsp3) is 0.938. The molecule has 0 saturated carbocycles. The van der Waals surface area contributed by atoms with E-state index in [0.717, 1.165) is 32.2 Å². The molecule has 2 unspecified atom stereocenters. The number of likely N-dealkylation sites (tertiary alicyclic amines) is 2. The van der Waals surface area contributed by atoms with Crippen molar-refractivity contribution in [2.75, 3.05) is 39.3 Å². The topological polar surface area (TPSA) is 35.6 Å². The molecule has 4 nitrogen and oxygen atoms in total. The molecular weight excluding hydrogens is 250 g/mol. The van der Waals surface area contributed by atoms with Gasteiger partial charge in [0.05, 0.1) is 0 Å². The Hall–Kier alpha value is -0.610. The van der Waals surface area contributed by atoms with Crippen molar-refractivity contribution in [2.45, 2.75) is 45.1 Å². The minimum atomic E-state index is 0.208. The fourth-order valence-electron chi connectivity index (χ4n) is 3.93. The van der Waals surface area contributed by atoms with Gasteiger partial charge in [-0.05, 0) is 64.2 Å². The number of carbonyl (C=O) groups is 1. The van der Waals surface area contributed by atoms with Gasteiger partial charge in [0, 0.05) is 25.0 Å². The van der Waals surface area contributed by atoms with Gasteiger partial charge in [-0.1, -0.05) is 6.92 Å². The van der Waals surface area contributed by atoms with Crippen molar-refractivity contribution >= 4 is 5.91 Å². The smallest absolute Gasteiger partial charge is 0.225 e. The molecule has 3 aliphatic rings. The minimum Gasteiger partial charge on any atom is -0.342 e. The van der Waals surface area contributed by atoms with Gasteiger partial charge in [-0.2, -0.15) is 0 Å². The molecule has 3 fully saturated rings. The van der Waals surface area contributed by atoms with E-state index in [9.17, 15) is 4.79 Å². The Morgan fingerprint density at radius 3 is 2.45 bits per heavy atom. The van der Waals surface area contributed by atoms with Crippen LogP contribution in [0.3, 0.4) is 0 Å². The van der Waals surface area contributed by atoms with Crippen molar-refractivity contribution in [3.05, 3.63) is 0 Å². The van der Waals surface area contributed by atoms with Gasteiger partial charge >= 0.3 is 0 Å². The highest BCUT2D eigenvalue weighted by molar-refractivity contribution is 5.79. The Morgan fingerprint density at radius 1 is 1.05 bits per heavy atom. The van der Waals surface area contributed by atoms with Gasteiger partial charge < -0.3 is 15.1 Å². The van der Waals surface area contributed by atoms with Crippen LogP contribution in [0.4, 0.5) is 0 Å². The number of hydrogen-bond donors (Lipinski definition) is 1. The number of amides is 1. The first-order chi connectivity index (χ1) is 9.75. The molecule has 3 heterocycles. The van der Waals surface area contributed by atoms with Crippen LogP contribution in [-0.4, -0.2) is 61.0 Å². The maximum atomic E-state index is 12.6. The highest BCUT2D eigenvalue weighted by atomic mass is 16.2. The van der Waals surface area contributed by atoms with Gasteiger partial charge in [-0.25, -0.2) is 0 Å². The molecule has 114 valence electrons. The van der Waals surface area contributed by atoms with Gasteiger partial charge in [0.15, 0.2) is 0 Å². The first-order valence-corrected chi connectivity index (χ1v) is 8.49. The second-order valence-corrected chi connectivity index (χ2v) is 6.86. The summed E-state index contributed by atoms with van der Waals surface area (Å²) in [5.74, 6) is 1.18. The number of nitrogens with zero attached hydrogens (tertiary/aromatic N) is 2. The van der Waals surface area contributed by atoms with Crippen LogP contribution in [0, 0.1) is 11.8 Å². The third-order valence-electron chi connectivity index (χ3n) is 5.58. The summed E-state index contributed by atoms with van der Waals surface area (Å²) in [5, 5.41) is 3.28. The molecule has 4 heteroatoms. The Balaban J connectivity index is 1.52. The molecule has 0 bridgehead atoms. The average molecular weight is 279 g/mol. The van der Waals surface area contributed by atoms with E-state index in [1.54, 1.807) is 0 Å². The monoisotopic (exact) mass is 279 g/mol. The number of hydrogen-bond acceptors (Lipinski definition) is 3. The van der Waals surface area contributed by atoms with Crippen molar-refractivity contribution in [3.8, 4) is 0 Å². The summed E-state index contributed by atoms with van der Waals surface area (Å²) in [7, 11) is 0. The van der Waals surface area contributed by atoms with Crippen molar-refractivity contribution < 1.29 is 4.79 Å². The largest absolute Gasteiger partial charge is 0.342 e. The lowest BCUT2D eigenvalue weighted by Crippen LogP contribution is -2.50. The summed E-state index contributed by atoms with van der Waals surface area (Å²) in [5.41, 5.74) is 0. The molecule has 0 aromatic rings. The molecule has 0 spiro atoms. The van der Waals surface area contributed by atoms with Gasteiger partial charge in [-0.15, -0.1) is 0 Å². The zero-order valence-electron chi connectivity index (χ0n) is 12.8. The lowest BCUT2D eigenvalue weighted by atomic mass is 9.88. The predicted molar refractivity (Wildman–Crippen MR) is 80.5 cm³/mol. The summed E-state index contributed by atoms with van der Waals surface area (Å²) >= 11 is 0. The van der Waals surface area contributed by atoms with Gasteiger partial charge in [-0.3, -0.25) is 4.79 Å². The second kappa shape index (κ2) is 6.44. The van der Waals surface area contributed by atoms with E-state index in [2.05, 4.69) is 22.0 Å². The van der Waals surface area contributed by atoms with Crippen LogP contribution >= 0.6 is 0 Å². The van der Waals surface area contributed by atoms with Crippen LogP contribution in [0.25, 0.3) is 0 Å². The normalized spacial score (nSPS) is 30.9. The van der Waals surface area contributed by atoms with Crippen LogP contribution in [-0.2, 0) is 4.79 Å². The Kier molecular flexibility index (Phi) is 4.61. The Bertz CT molecular complexity index is 337. The average Bonchev–Trinajstić information content (AvgIpc) is 2.81. The lowest BCUT2D eigenvalue weighted by Gasteiger charge is -2.35. The number of carbonyl (C=O) groups excluding carboxylic acids is 1. The fourth-order valence-corrected chi connectivity index (χ4v) is 3.93. The Morgan fingerprint density at radius 2 is 1.80 bits per heavy atom. The third kappa shape index (κ3) is 3.01. The molecule has 0 aromatic carbocycles. The minimum absolute atomic E-state index is 0.208. The molecule has 2 atom stereocenters.